The molecule has 130 valence electrons. The van der Waals surface area contributed by atoms with Crippen LogP contribution in [0, 0.1) is 11.3 Å². The Balaban J connectivity index is 2.14. The minimum absolute atomic E-state index is 0.386. The van der Waals surface area contributed by atoms with Gasteiger partial charge >= 0.3 is 11.9 Å². The molecule has 0 atom stereocenters. The van der Waals surface area contributed by atoms with Crippen LogP contribution in [0.4, 0.5) is 0 Å². The number of cyclic esters (lactones) is 2. The van der Waals surface area contributed by atoms with E-state index in [2.05, 4.69) is 6.58 Å². The number of rotatable bonds is 7. The predicted molar refractivity (Wildman–Crippen MR) is 88.6 cm³/mol. The summed E-state index contributed by atoms with van der Waals surface area (Å²) in [5.41, 5.74) is -1.10. The summed E-state index contributed by atoms with van der Waals surface area (Å²) in [7, 11) is 0. The Morgan fingerprint density at radius 1 is 1.09 bits per heavy atom. The molecule has 0 radical (unpaired) electrons. The minimum atomic E-state index is -1.15. The van der Waals surface area contributed by atoms with Gasteiger partial charge in [-0.2, -0.15) is 0 Å². The van der Waals surface area contributed by atoms with E-state index >= 15 is 0 Å². The van der Waals surface area contributed by atoms with E-state index in [-0.39, 0.29) is 11.9 Å². The molecule has 0 N–H and O–H groups in total. The first-order valence-electron chi connectivity index (χ1n) is 8.97. The van der Waals surface area contributed by atoms with E-state index in [0.29, 0.717) is 18.8 Å². The van der Waals surface area contributed by atoms with Crippen molar-refractivity contribution in [1.82, 2.24) is 0 Å². The first-order chi connectivity index (χ1) is 10.9. The number of carbonyl (C=O) groups excluding carboxylic acids is 2. The highest BCUT2D eigenvalue weighted by Gasteiger charge is 2.56. The second kappa shape index (κ2) is 7.50. The number of hydrogen-bond acceptors (Lipinski definition) is 4. The SMILES string of the molecule is C=CCCCCC1(CC2CCCCC2)C(=O)OC(C)(C)OC1=O. The Morgan fingerprint density at radius 3 is 2.26 bits per heavy atom. The van der Waals surface area contributed by atoms with Crippen LogP contribution in [0.1, 0.15) is 78.1 Å². The maximum Gasteiger partial charge on any atom is 0.326 e. The van der Waals surface area contributed by atoms with Gasteiger partial charge in [0.1, 0.15) is 0 Å². The molecule has 2 rings (SSSR count). The van der Waals surface area contributed by atoms with Crippen LogP contribution in [0.15, 0.2) is 12.7 Å². The predicted octanol–water partition coefficient (Wildman–Crippen LogP) is 4.53. The standard InChI is InChI=1S/C19H30O4/c1-4-5-6-10-13-19(14-15-11-8-7-9-12-15)16(20)22-18(2,3)23-17(19)21/h4,15H,1,5-14H2,2-3H3. The van der Waals surface area contributed by atoms with Crippen molar-refractivity contribution in [1.29, 1.82) is 0 Å². The van der Waals surface area contributed by atoms with Crippen molar-refractivity contribution in [3.63, 3.8) is 0 Å². The Labute approximate surface area is 139 Å². The maximum atomic E-state index is 12.7. The van der Waals surface area contributed by atoms with Gasteiger partial charge in [-0.1, -0.05) is 44.6 Å². The molecule has 2 aliphatic rings. The molecule has 0 unspecified atom stereocenters. The lowest BCUT2D eigenvalue weighted by Crippen LogP contribution is -2.54. The smallest absolute Gasteiger partial charge is 0.326 e. The van der Waals surface area contributed by atoms with Crippen molar-refractivity contribution in [2.24, 2.45) is 11.3 Å². The number of ether oxygens (including phenoxy) is 2. The summed E-state index contributed by atoms with van der Waals surface area (Å²) in [6.07, 6.45) is 11.4. The van der Waals surface area contributed by atoms with Gasteiger partial charge in [0, 0.05) is 13.8 Å². The van der Waals surface area contributed by atoms with Crippen LogP contribution in [0.25, 0.3) is 0 Å². The van der Waals surface area contributed by atoms with Crippen LogP contribution in [-0.2, 0) is 19.1 Å². The van der Waals surface area contributed by atoms with Crippen LogP contribution in [0.3, 0.4) is 0 Å². The molecule has 1 saturated carbocycles. The van der Waals surface area contributed by atoms with E-state index < -0.39 is 11.2 Å². The maximum absolute atomic E-state index is 12.7. The zero-order valence-corrected chi connectivity index (χ0v) is 14.6. The zero-order valence-electron chi connectivity index (χ0n) is 14.6. The first kappa shape index (κ1) is 18.0. The van der Waals surface area contributed by atoms with Crippen LogP contribution in [-0.4, -0.2) is 17.7 Å². The van der Waals surface area contributed by atoms with Gasteiger partial charge in [-0.05, 0) is 31.6 Å². The summed E-state index contributed by atoms with van der Waals surface area (Å²) < 4.78 is 10.9. The van der Waals surface area contributed by atoms with Gasteiger partial charge < -0.3 is 9.47 Å². The molecule has 0 aromatic heterocycles. The molecule has 0 aromatic rings. The van der Waals surface area contributed by atoms with Crippen LogP contribution in [0.2, 0.25) is 0 Å². The number of esters is 2. The van der Waals surface area contributed by atoms with Crippen molar-refractivity contribution in [2.75, 3.05) is 0 Å². The highest BCUT2D eigenvalue weighted by molar-refractivity contribution is 6.01. The third-order valence-corrected chi connectivity index (χ3v) is 5.08. The Kier molecular flexibility index (Phi) is 5.88. The van der Waals surface area contributed by atoms with Crippen LogP contribution >= 0.6 is 0 Å². The quantitative estimate of drug-likeness (QED) is 0.299. The molecule has 4 heteroatoms. The molecular formula is C19H30O4. The normalized spacial score (nSPS) is 23.9. The highest BCUT2D eigenvalue weighted by Crippen LogP contribution is 2.44. The van der Waals surface area contributed by atoms with Crippen molar-refractivity contribution in [3.05, 3.63) is 12.7 Å². The van der Waals surface area contributed by atoms with Gasteiger partial charge in [0.15, 0.2) is 5.41 Å². The van der Waals surface area contributed by atoms with Gasteiger partial charge in [-0.3, -0.25) is 9.59 Å². The molecule has 4 nitrogen and oxygen atoms in total. The topological polar surface area (TPSA) is 52.6 Å². The zero-order chi connectivity index (χ0) is 16.9. The monoisotopic (exact) mass is 322 g/mol. The Bertz CT molecular complexity index is 426. The minimum Gasteiger partial charge on any atom is -0.422 e. The van der Waals surface area contributed by atoms with Gasteiger partial charge in [-0.15, -0.1) is 6.58 Å². The molecule has 1 aliphatic carbocycles. The van der Waals surface area contributed by atoms with Crippen molar-refractivity contribution in [3.8, 4) is 0 Å². The van der Waals surface area contributed by atoms with Crippen molar-refractivity contribution >= 4 is 11.9 Å². The van der Waals surface area contributed by atoms with E-state index in [9.17, 15) is 9.59 Å². The third-order valence-electron chi connectivity index (χ3n) is 5.08. The van der Waals surface area contributed by atoms with E-state index in [1.54, 1.807) is 13.8 Å². The van der Waals surface area contributed by atoms with E-state index in [1.165, 1.54) is 19.3 Å². The fourth-order valence-electron chi connectivity index (χ4n) is 3.82. The first-order valence-corrected chi connectivity index (χ1v) is 8.97. The molecule has 0 aromatic carbocycles. The lowest BCUT2D eigenvalue weighted by atomic mass is 9.71. The second-order valence-corrected chi connectivity index (χ2v) is 7.50. The number of unbranched alkanes of at least 4 members (excludes halogenated alkanes) is 2. The molecule has 0 bridgehead atoms. The summed E-state index contributed by atoms with van der Waals surface area (Å²) in [6, 6.07) is 0. The molecule has 1 heterocycles. The average molecular weight is 322 g/mol. The molecule has 0 spiro atoms. The molecule has 2 fully saturated rings. The molecule has 0 amide bonds. The fraction of sp³-hybridized carbons (Fsp3) is 0.789. The molecule has 23 heavy (non-hydrogen) atoms. The highest BCUT2D eigenvalue weighted by atomic mass is 16.7. The van der Waals surface area contributed by atoms with Gasteiger partial charge in [0.05, 0.1) is 0 Å². The second-order valence-electron chi connectivity index (χ2n) is 7.50. The van der Waals surface area contributed by atoms with Crippen LogP contribution < -0.4 is 0 Å². The number of carbonyl (C=O) groups is 2. The fourth-order valence-corrected chi connectivity index (χ4v) is 3.82. The van der Waals surface area contributed by atoms with E-state index in [1.807, 2.05) is 6.08 Å². The number of hydrogen-bond donors (Lipinski definition) is 0. The lowest BCUT2D eigenvalue weighted by Gasteiger charge is -2.42. The average Bonchev–Trinajstić information content (AvgIpc) is 2.49. The molecule has 1 aliphatic heterocycles. The van der Waals surface area contributed by atoms with Crippen LogP contribution in [0.5, 0.6) is 0 Å². The Morgan fingerprint density at radius 2 is 1.70 bits per heavy atom. The van der Waals surface area contributed by atoms with Crippen molar-refractivity contribution < 1.29 is 19.1 Å². The Hall–Kier alpha value is -1.32. The third kappa shape index (κ3) is 4.36. The summed E-state index contributed by atoms with van der Waals surface area (Å²) in [5.74, 6) is -1.50. The van der Waals surface area contributed by atoms with Gasteiger partial charge in [0.25, 0.3) is 5.79 Å². The van der Waals surface area contributed by atoms with E-state index in [0.717, 1.165) is 32.1 Å². The molecule has 1 saturated heterocycles. The summed E-state index contributed by atoms with van der Waals surface area (Å²) in [4.78, 5) is 25.5. The summed E-state index contributed by atoms with van der Waals surface area (Å²) in [5, 5.41) is 0. The lowest BCUT2D eigenvalue weighted by molar-refractivity contribution is -0.253. The number of allylic oxidation sites excluding steroid dienone is 1. The van der Waals surface area contributed by atoms with Gasteiger partial charge in [0.2, 0.25) is 0 Å². The summed E-state index contributed by atoms with van der Waals surface area (Å²) in [6.45, 7) is 6.95. The summed E-state index contributed by atoms with van der Waals surface area (Å²) >= 11 is 0. The van der Waals surface area contributed by atoms with Crippen molar-refractivity contribution in [2.45, 2.75) is 83.8 Å². The molecular weight excluding hydrogens is 292 g/mol. The van der Waals surface area contributed by atoms with E-state index in [4.69, 9.17) is 9.47 Å². The largest absolute Gasteiger partial charge is 0.422 e. The van der Waals surface area contributed by atoms with Gasteiger partial charge in [-0.25, -0.2) is 0 Å².